The predicted molar refractivity (Wildman–Crippen MR) is 54.3 cm³/mol. The van der Waals surface area contributed by atoms with Gasteiger partial charge in [-0.3, -0.25) is 10.1 Å². The van der Waals surface area contributed by atoms with Crippen LogP contribution in [-0.2, 0) is 0 Å². The molecule has 13 heavy (non-hydrogen) atoms. The van der Waals surface area contributed by atoms with Crippen LogP contribution in [0.15, 0.2) is 29.0 Å². The molecule has 0 atom stereocenters. The van der Waals surface area contributed by atoms with Crippen molar-refractivity contribution in [2.24, 2.45) is 0 Å². The van der Waals surface area contributed by atoms with Gasteiger partial charge in [-0.05, 0) is 22.9 Å². The molecule has 2 aromatic heterocycles. The molecule has 2 rings (SSSR count). The Kier molecular flexibility index (Phi) is 2.12. The zero-order valence-electron chi connectivity index (χ0n) is 6.47. The molecule has 0 bridgehead atoms. The average Bonchev–Trinajstić information content (AvgIpc) is 2.75. The first kappa shape index (κ1) is 8.40. The van der Waals surface area contributed by atoms with E-state index in [2.05, 4.69) is 0 Å². The lowest BCUT2D eigenvalue weighted by Crippen LogP contribution is -1.80. The molecular weight excluding hydrogens is 206 g/mol. The summed E-state index contributed by atoms with van der Waals surface area (Å²) in [5.41, 5.74) is 1.06. The maximum atomic E-state index is 10.4. The van der Waals surface area contributed by atoms with Crippen LogP contribution in [-0.4, -0.2) is 4.92 Å². The number of hydrogen-bond donors (Lipinski definition) is 0. The molecule has 2 aromatic rings. The fraction of sp³-hybridized carbons (Fsp3) is 0. The van der Waals surface area contributed by atoms with Crippen LogP contribution >= 0.6 is 22.7 Å². The summed E-state index contributed by atoms with van der Waals surface area (Å²) in [6.45, 7) is 0. The summed E-state index contributed by atoms with van der Waals surface area (Å²) in [5, 5.41) is 14.5. The van der Waals surface area contributed by atoms with Gasteiger partial charge in [0.15, 0.2) is 0 Å². The highest BCUT2D eigenvalue weighted by atomic mass is 32.1. The van der Waals surface area contributed by atoms with Crippen molar-refractivity contribution in [3.05, 3.63) is 39.1 Å². The fourth-order valence-electron chi connectivity index (χ4n) is 0.986. The zero-order chi connectivity index (χ0) is 9.26. The third-order valence-corrected chi connectivity index (χ3v) is 3.35. The molecule has 66 valence electrons. The second-order valence-electron chi connectivity index (χ2n) is 2.41. The van der Waals surface area contributed by atoms with Gasteiger partial charge in [-0.2, -0.15) is 11.3 Å². The zero-order valence-corrected chi connectivity index (χ0v) is 8.10. The van der Waals surface area contributed by atoms with Crippen LogP contribution in [0.3, 0.4) is 0 Å². The van der Waals surface area contributed by atoms with E-state index in [-0.39, 0.29) is 9.92 Å². The fourth-order valence-corrected chi connectivity index (χ4v) is 2.53. The standard InChI is InChI=1S/C8H5NO2S2/c10-9(11)8-2-1-7(13-8)6-3-4-12-5-6/h1-5H. The molecule has 0 aliphatic heterocycles. The summed E-state index contributed by atoms with van der Waals surface area (Å²) in [6, 6.07) is 5.28. The van der Waals surface area contributed by atoms with Crippen molar-refractivity contribution in [1.82, 2.24) is 0 Å². The minimum atomic E-state index is -0.361. The maximum absolute atomic E-state index is 10.4. The van der Waals surface area contributed by atoms with E-state index >= 15 is 0 Å². The quantitative estimate of drug-likeness (QED) is 0.564. The third-order valence-electron chi connectivity index (χ3n) is 1.58. The molecule has 0 unspecified atom stereocenters. The summed E-state index contributed by atoms with van der Waals surface area (Å²) in [6.07, 6.45) is 0. The SMILES string of the molecule is O=[N+]([O-])c1ccc(-c2ccsc2)s1. The van der Waals surface area contributed by atoms with E-state index in [0.717, 1.165) is 10.4 Å². The van der Waals surface area contributed by atoms with Crippen LogP contribution in [0, 0.1) is 10.1 Å². The normalized spacial score (nSPS) is 10.2. The van der Waals surface area contributed by atoms with Gasteiger partial charge in [-0.15, -0.1) is 0 Å². The first-order valence-corrected chi connectivity index (χ1v) is 5.30. The molecule has 3 nitrogen and oxygen atoms in total. The Balaban J connectivity index is 2.39. The molecule has 0 aliphatic carbocycles. The highest BCUT2D eigenvalue weighted by molar-refractivity contribution is 7.19. The number of nitrogens with zero attached hydrogens (tertiary/aromatic N) is 1. The predicted octanol–water partition coefficient (Wildman–Crippen LogP) is 3.38. The van der Waals surface area contributed by atoms with E-state index < -0.39 is 0 Å². The lowest BCUT2D eigenvalue weighted by atomic mass is 10.3. The van der Waals surface area contributed by atoms with Crippen LogP contribution in [0.2, 0.25) is 0 Å². The molecule has 0 saturated carbocycles. The second-order valence-corrected chi connectivity index (χ2v) is 4.25. The van der Waals surface area contributed by atoms with Crippen molar-refractivity contribution in [3.8, 4) is 10.4 Å². The first-order chi connectivity index (χ1) is 6.27. The Morgan fingerprint density at radius 3 is 2.69 bits per heavy atom. The van der Waals surface area contributed by atoms with Crippen molar-refractivity contribution in [1.29, 1.82) is 0 Å². The summed E-state index contributed by atoms with van der Waals surface area (Å²) >= 11 is 2.80. The van der Waals surface area contributed by atoms with Crippen LogP contribution < -0.4 is 0 Å². The van der Waals surface area contributed by atoms with Crippen molar-refractivity contribution in [3.63, 3.8) is 0 Å². The number of thiophene rings is 2. The monoisotopic (exact) mass is 211 g/mol. The Bertz CT molecular complexity index is 419. The summed E-state index contributed by atoms with van der Waals surface area (Å²) in [7, 11) is 0. The molecule has 0 saturated heterocycles. The van der Waals surface area contributed by atoms with Gasteiger partial charge in [-0.25, -0.2) is 0 Å². The van der Waals surface area contributed by atoms with Crippen molar-refractivity contribution >= 4 is 27.7 Å². The second kappa shape index (κ2) is 3.27. The molecule has 0 radical (unpaired) electrons. The van der Waals surface area contributed by atoms with Gasteiger partial charge in [-0.1, -0.05) is 11.3 Å². The van der Waals surface area contributed by atoms with Crippen molar-refractivity contribution < 1.29 is 4.92 Å². The molecular formula is C8H5NO2S2. The minimum absolute atomic E-state index is 0.196. The van der Waals surface area contributed by atoms with Crippen LogP contribution in [0.25, 0.3) is 10.4 Å². The van der Waals surface area contributed by atoms with E-state index in [1.165, 1.54) is 17.4 Å². The molecule has 2 heterocycles. The van der Waals surface area contributed by atoms with E-state index in [1.807, 2.05) is 16.8 Å². The maximum Gasteiger partial charge on any atom is 0.324 e. The van der Waals surface area contributed by atoms with E-state index in [9.17, 15) is 10.1 Å². The van der Waals surface area contributed by atoms with Gasteiger partial charge < -0.3 is 0 Å². The molecule has 5 heteroatoms. The highest BCUT2D eigenvalue weighted by Crippen LogP contribution is 2.33. The van der Waals surface area contributed by atoms with Crippen LogP contribution in [0.4, 0.5) is 5.00 Å². The van der Waals surface area contributed by atoms with E-state index in [4.69, 9.17) is 0 Å². The Morgan fingerprint density at radius 2 is 2.15 bits per heavy atom. The summed E-state index contributed by atoms with van der Waals surface area (Å²) < 4.78 is 0. The number of rotatable bonds is 2. The lowest BCUT2D eigenvalue weighted by molar-refractivity contribution is -0.380. The smallest absolute Gasteiger partial charge is 0.258 e. The van der Waals surface area contributed by atoms with E-state index in [1.54, 1.807) is 17.4 Å². The average molecular weight is 211 g/mol. The van der Waals surface area contributed by atoms with Gasteiger partial charge in [0.2, 0.25) is 0 Å². The van der Waals surface area contributed by atoms with Crippen molar-refractivity contribution in [2.75, 3.05) is 0 Å². The Hall–Kier alpha value is -1.20. The number of nitro groups is 1. The number of hydrogen-bond acceptors (Lipinski definition) is 4. The molecule has 0 fully saturated rings. The van der Waals surface area contributed by atoms with Crippen molar-refractivity contribution in [2.45, 2.75) is 0 Å². The Morgan fingerprint density at radius 1 is 1.31 bits per heavy atom. The topological polar surface area (TPSA) is 43.1 Å². The van der Waals surface area contributed by atoms with Gasteiger partial charge in [0.25, 0.3) is 0 Å². The van der Waals surface area contributed by atoms with Crippen LogP contribution in [0.1, 0.15) is 0 Å². The molecule has 0 spiro atoms. The van der Waals surface area contributed by atoms with Gasteiger partial charge in [0, 0.05) is 16.5 Å². The third kappa shape index (κ3) is 1.61. The van der Waals surface area contributed by atoms with Crippen LogP contribution in [0.5, 0.6) is 0 Å². The molecule has 0 amide bonds. The van der Waals surface area contributed by atoms with E-state index in [0.29, 0.717) is 0 Å². The largest absolute Gasteiger partial charge is 0.324 e. The molecule has 0 N–H and O–H groups in total. The molecule has 0 aromatic carbocycles. The Labute approximate surface area is 82.4 Å². The first-order valence-electron chi connectivity index (χ1n) is 3.54. The lowest BCUT2D eigenvalue weighted by Gasteiger charge is -1.86. The van der Waals surface area contributed by atoms with Gasteiger partial charge in [0.05, 0.1) is 4.92 Å². The summed E-state index contributed by atoms with van der Waals surface area (Å²) in [5.74, 6) is 0. The summed E-state index contributed by atoms with van der Waals surface area (Å²) in [4.78, 5) is 11.0. The minimum Gasteiger partial charge on any atom is -0.258 e. The highest BCUT2D eigenvalue weighted by Gasteiger charge is 2.10. The molecule has 0 aliphatic rings. The van der Waals surface area contributed by atoms with Gasteiger partial charge >= 0.3 is 5.00 Å². The van der Waals surface area contributed by atoms with Gasteiger partial charge in [0.1, 0.15) is 0 Å².